The maximum absolute atomic E-state index is 12.3. The Morgan fingerprint density at radius 3 is 2.60 bits per heavy atom. The standard InChI is InChI=1S/C15H19N3O2/c1-9(2)13(15-16-11(4)18-20-15)17-14(19)12-7-5-6-10(3)8-12/h5-9,13H,1-4H3,(H,17,19). The molecule has 0 aliphatic rings. The van der Waals surface area contributed by atoms with E-state index >= 15 is 0 Å². The van der Waals surface area contributed by atoms with Crippen molar-refractivity contribution in [2.24, 2.45) is 5.92 Å². The normalized spacial score (nSPS) is 12.4. The lowest BCUT2D eigenvalue weighted by Gasteiger charge is -2.18. The Labute approximate surface area is 118 Å². The zero-order chi connectivity index (χ0) is 14.7. The maximum atomic E-state index is 12.3. The van der Waals surface area contributed by atoms with Crippen molar-refractivity contribution in [2.75, 3.05) is 0 Å². The lowest BCUT2D eigenvalue weighted by molar-refractivity contribution is 0.0914. The molecule has 2 aromatic rings. The van der Waals surface area contributed by atoms with Crippen molar-refractivity contribution < 1.29 is 9.32 Å². The first-order chi connectivity index (χ1) is 9.47. The highest BCUT2D eigenvalue weighted by Crippen LogP contribution is 2.20. The molecule has 0 bridgehead atoms. The van der Waals surface area contributed by atoms with Gasteiger partial charge in [-0.15, -0.1) is 0 Å². The van der Waals surface area contributed by atoms with Crippen molar-refractivity contribution in [3.8, 4) is 0 Å². The van der Waals surface area contributed by atoms with Gasteiger partial charge in [-0.05, 0) is 31.9 Å². The first-order valence-electron chi connectivity index (χ1n) is 6.65. The molecule has 1 unspecified atom stereocenters. The Morgan fingerprint density at radius 1 is 1.30 bits per heavy atom. The number of benzene rings is 1. The molecule has 1 aromatic carbocycles. The van der Waals surface area contributed by atoms with E-state index in [1.807, 2.05) is 39.0 Å². The van der Waals surface area contributed by atoms with E-state index in [1.54, 1.807) is 13.0 Å². The molecule has 0 aliphatic carbocycles. The molecule has 0 radical (unpaired) electrons. The molecule has 2 rings (SSSR count). The second kappa shape index (κ2) is 5.86. The molecule has 0 spiro atoms. The molecule has 5 nitrogen and oxygen atoms in total. The average molecular weight is 273 g/mol. The van der Waals surface area contributed by atoms with Crippen molar-refractivity contribution in [1.29, 1.82) is 0 Å². The van der Waals surface area contributed by atoms with E-state index in [4.69, 9.17) is 4.52 Å². The summed E-state index contributed by atoms with van der Waals surface area (Å²) in [6.07, 6.45) is 0. The van der Waals surface area contributed by atoms with E-state index in [0.717, 1.165) is 5.56 Å². The molecule has 106 valence electrons. The van der Waals surface area contributed by atoms with Crippen LogP contribution in [0.15, 0.2) is 28.8 Å². The fourth-order valence-electron chi connectivity index (χ4n) is 1.96. The van der Waals surface area contributed by atoms with Gasteiger partial charge in [0, 0.05) is 5.56 Å². The zero-order valence-corrected chi connectivity index (χ0v) is 12.2. The SMILES string of the molecule is Cc1cccc(C(=O)NC(c2nc(C)no2)C(C)C)c1. The average Bonchev–Trinajstić information content (AvgIpc) is 2.81. The zero-order valence-electron chi connectivity index (χ0n) is 12.2. The monoisotopic (exact) mass is 273 g/mol. The van der Waals surface area contributed by atoms with Crippen molar-refractivity contribution in [3.05, 3.63) is 47.1 Å². The van der Waals surface area contributed by atoms with Crippen molar-refractivity contribution in [3.63, 3.8) is 0 Å². The van der Waals surface area contributed by atoms with Gasteiger partial charge < -0.3 is 9.84 Å². The summed E-state index contributed by atoms with van der Waals surface area (Å²) < 4.78 is 5.17. The molecule has 1 heterocycles. The van der Waals surface area contributed by atoms with Crippen LogP contribution in [0.25, 0.3) is 0 Å². The number of nitrogens with one attached hydrogen (secondary N) is 1. The third kappa shape index (κ3) is 3.23. The lowest BCUT2D eigenvalue weighted by Crippen LogP contribution is -2.32. The van der Waals surface area contributed by atoms with Crippen LogP contribution in [-0.4, -0.2) is 16.0 Å². The third-order valence-electron chi connectivity index (χ3n) is 3.04. The van der Waals surface area contributed by atoms with Crippen molar-refractivity contribution in [1.82, 2.24) is 15.5 Å². The van der Waals surface area contributed by atoms with E-state index in [1.165, 1.54) is 0 Å². The molecular formula is C15H19N3O2. The van der Waals surface area contributed by atoms with Gasteiger partial charge in [0.25, 0.3) is 5.91 Å². The van der Waals surface area contributed by atoms with Crippen molar-refractivity contribution >= 4 is 5.91 Å². The number of amides is 1. The van der Waals surface area contributed by atoms with Crippen LogP contribution in [0.4, 0.5) is 0 Å². The minimum atomic E-state index is -0.288. The van der Waals surface area contributed by atoms with Gasteiger partial charge in [0.15, 0.2) is 5.82 Å². The Hall–Kier alpha value is -2.17. The maximum Gasteiger partial charge on any atom is 0.251 e. The number of hydrogen-bond acceptors (Lipinski definition) is 4. The van der Waals surface area contributed by atoms with E-state index < -0.39 is 0 Å². The summed E-state index contributed by atoms with van der Waals surface area (Å²) >= 11 is 0. The second-order valence-electron chi connectivity index (χ2n) is 5.24. The summed E-state index contributed by atoms with van der Waals surface area (Å²) in [5.74, 6) is 1.03. The minimum absolute atomic E-state index is 0.136. The molecule has 0 aliphatic heterocycles. The number of hydrogen-bond donors (Lipinski definition) is 1. The largest absolute Gasteiger partial charge is 0.340 e. The number of nitrogens with zero attached hydrogens (tertiary/aromatic N) is 2. The van der Waals surface area contributed by atoms with Gasteiger partial charge in [0.2, 0.25) is 5.89 Å². The van der Waals surface area contributed by atoms with E-state index in [0.29, 0.717) is 17.3 Å². The van der Waals surface area contributed by atoms with E-state index in [-0.39, 0.29) is 17.9 Å². The highest BCUT2D eigenvalue weighted by atomic mass is 16.5. The molecule has 0 saturated heterocycles. The molecule has 1 N–H and O–H groups in total. The molecule has 0 saturated carbocycles. The molecule has 1 amide bonds. The fourth-order valence-corrected chi connectivity index (χ4v) is 1.96. The van der Waals surface area contributed by atoms with Gasteiger partial charge in [-0.25, -0.2) is 0 Å². The number of carbonyl (C=O) groups excluding carboxylic acids is 1. The Bertz CT molecular complexity index is 605. The number of aromatic nitrogens is 2. The van der Waals surface area contributed by atoms with Gasteiger partial charge in [-0.1, -0.05) is 36.7 Å². The van der Waals surface area contributed by atoms with Gasteiger partial charge in [-0.2, -0.15) is 4.98 Å². The summed E-state index contributed by atoms with van der Waals surface area (Å²) in [5, 5.41) is 6.73. The summed E-state index contributed by atoms with van der Waals surface area (Å²) in [6, 6.07) is 7.18. The third-order valence-corrected chi connectivity index (χ3v) is 3.04. The second-order valence-corrected chi connectivity index (χ2v) is 5.24. The van der Waals surface area contributed by atoms with Crippen molar-refractivity contribution in [2.45, 2.75) is 33.7 Å². The number of carbonyl (C=O) groups is 1. The Morgan fingerprint density at radius 2 is 2.05 bits per heavy atom. The first-order valence-corrected chi connectivity index (χ1v) is 6.65. The van der Waals surface area contributed by atoms with Crippen LogP contribution in [-0.2, 0) is 0 Å². The predicted molar refractivity (Wildman–Crippen MR) is 75.3 cm³/mol. The molecule has 0 fully saturated rings. The molecule has 5 heteroatoms. The van der Waals surface area contributed by atoms with Crippen LogP contribution in [0, 0.1) is 19.8 Å². The van der Waals surface area contributed by atoms with E-state index in [9.17, 15) is 4.79 Å². The Balaban J connectivity index is 2.18. The van der Waals surface area contributed by atoms with Crippen LogP contribution in [0.1, 0.15) is 47.5 Å². The van der Waals surface area contributed by atoms with Crippen LogP contribution in [0.2, 0.25) is 0 Å². The Kier molecular flexibility index (Phi) is 4.17. The minimum Gasteiger partial charge on any atom is -0.340 e. The number of rotatable bonds is 4. The smallest absolute Gasteiger partial charge is 0.251 e. The quantitative estimate of drug-likeness (QED) is 0.930. The molecule has 20 heavy (non-hydrogen) atoms. The van der Waals surface area contributed by atoms with Gasteiger partial charge in [0.05, 0.1) is 0 Å². The summed E-state index contributed by atoms with van der Waals surface area (Å²) in [7, 11) is 0. The van der Waals surface area contributed by atoms with Crippen LogP contribution in [0.5, 0.6) is 0 Å². The van der Waals surface area contributed by atoms with Gasteiger partial charge in [-0.3, -0.25) is 4.79 Å². The molecule has 1 atom stereocenters. The van der Waals surface area contributed by atoms with Crippen LogP contribution < -0.4 is 5.32 Å². The van der Waals surface area contributed by atoms with Crippen LogP contribution in [0.3, 0.4) is 0 Å². The summed E-state index contributed by atoms with van der Waals surface area (Å²) in [6.45, 7) is 7.71. The van der Waals surface area contributed by atoms with Crippen LogP contribution >= 0.6 is 0 Å². The highest BCUT2D eigenvalue weighted by molar-refractivity contribution is 5.94. The lowest BCUT2D eigenvalue weighted by atomic mass is 10.0. The van der Waals surface area contributed by atoms with Gasteiger partial charge >= 0.3 is 0 Å². The summed E-state index contributed by atoms with van der Waals surface area (Å²) in [5.41, 5.74) is 1.68. The summed E-state index contributed by atoms with van der Waals surface area (Å²) in [4.78, 5) is 16.5. The fraction of sp³-hybridized carbons (Fsp3) is 0.400. The highest BCUT2D eigenvalue weighted by Gasteiger charge is 2.24. The molecule has 1 aromatic heterocycles. The predicted octanol–water partition coefficient (Wildman–Crippen LogP) is 2.81. The molecular weight excluding hydrogens is 254 g/mol. The topological polar surface area (TPSA) is 68.0 Å². The first kappa shape index (κ1) is 14.2. The van der Waals surface area contributed by atoms with E-state index in [2.05, 4.69) is 15.5 Å². The number of aryl methyl sites for hydroxylation is 2. The van der Waals surface area contributed by atoms with Gasteiger partial charge in [0.1, 0.15) is 6.04 Å².